The van der Waals surface area contributed by atoms with Gasteiger partial charge in [0, 0.05) is 12.0 Å². The SMILES string of the molecule is I.NC(=NCc1cccc2c1OCCCO2)Nc1ccccc1OC(F)(F)F. The van der Waals surface area contributed by atoms with Crippen molar-refractivity contribution in [2.24, 2.45) is 10.7 Å². The zero-order chi connectivity index (χ0) is 19.3. The molecule has 2 aromatic carbocycles. The topological polar surface area (TPSA) is 78.1 Å². The Bertz CT molecular complexity index is 831. The first-order valence-corrected chi connectivity index (χ1v) is 8.21. The van der Waals surface area contributed by atoms with Crippen molar-refractivity contribution in [1.82, 2.24) is 0 Å². The molecule has 0 fully saturated rings. The van der Waals surface area contributed by atoms with Crippen molar-refractivity contribution in [1.29, 1.82) is 0 Å². The number of nitrogens with two attached hydrogens (primary N) is 1. The molecule has 1 aliphatic heterocycles. The van der Waals surface area contributed by atoms with Gasteiger partial charge in [-0.3, -0.25) is 0 Å². The molecule has 0 atom stereocenters. The highest BCUT2D eigenvalue weighted by atomic mass is 127. The minimum Gasteiger partial charge on any atom is -0.490 e. The molecule has 0 aliphatic carbocycles. The molecule has 0 unspecified atom stereocenters. The van der Waals surface area contributed by atoms with Gasteiger partial charge in [0.05, 0.1) is 25.4 Å². The second kappa shape index (κ2) is 9.71. The number of guanidine groups is 1. The number of hydrogen-bond acceptors (Lipinski definition) is 4. The molecule has 28 heavy (non-hydrogen) atoms. The summed E-state index contributed by atoms with van der Waals surface area (Å²) in [6.45, 7) is 1.27. The van der Waals surface area contributed by atoms with Gasteiger partial charge >= 0.3 is 6.36 Å². The minimum absolute atomic E-state index is 0. The highest BCUT2D eigenvalue weighted by Crippen LogP contribution is 2.34. The maximum absolute atomic E-state index is 12.5. The molecule has 1 heterocycles. The van der Waals surface area contributed by atoms with E-state index in [1.807, 2.05) is 12.1 Å². The van der Waals surface area contributed by atoms with Crippen LogP contribution in [0.4, 0.5) is 18.9 Å². The Labute approximate surface area is 176 Å². The predicted molar refractivity (Wildman–Crippen MR) is 110 cm³/mol. The number of rotatable bonds is 4. The van der Waals surface area contributed by atoms with E-state index in [1.165, 1.54) is 18.2 Å². The summed E-state index contributed by atoms with van der Waals surface area (Å²) in [5.74, 6) is 0.789. The molecule has 0 aromatic heterocycles. The van der Waals surface area contributed by atoms with E-state index in [2.05, 4.69) is 15.0 Å². The molecule has 0 radical (unpaired) electrons. The van der Waals surface area contributed by atoms with Crippen LogP contribution < -0.4 is 25.3 Å². The van der Waals surface area contributed by atoms with Crippen molar-refractivity contribution in [3.8, 4) is 17.2 Å². The Kier molecular flexibility index (Phi) is 7.61. The summed E-state index contributed by atoms with van der Waals surface area (Å²) < 4.78 is 52.7. The second-order valence-electron chi connectivity index (χ2n) is 5.67. The molecule has 152 valence electrons. The van der Waals surface area contributed by atoms with E-state index >= 15 is 0 Å². The Morgan fingerprint density at radius 2 is 1.86 bits per heavy atom. The number of para-hydroxylation sites is 3. The van der Waals surface area contributed by atoms with Gasteiger partial charge in [-0.05, 0) is 18.2 Å². The lowest BCUT2D eigenvalue weighted by molar-refractivity contribution is -0.274. The monoisotopic (exact) mass is 509 g/mol. The van der Waals surface area contributed by atoms with Crippen LogP contribution in [0.1, 0.15) is 12.0 Å². The summed E-state index contributed by atoms with van der Waals surface area (Å²) in [7, 11) is 0. The maximum Gasteiger partial charge on any atom is 0.573 e. The fourth-order valence-electron chi connectivity index (χ4n) is 2.51. The Morgan fingerprint density at radius 3 is 2.64 bits per heavy atom. The summed E-state index contributed by atoms with van der Waals surface area (Å²) in [5, 5.41) is 2.63. The van der Waals surface area contributed by atoms with Gasteiger partial charge in [0.25, 0.3) is 0 Å². The van der Waals surface area contributed by atoms with Crippen molar-refractivity contribution in [2.45, 2.75) is 19.3 Å². The summed E-state index contributed by atoms with van der Waals surface area (Å²) in [5.41, 5.74) is 6.64. The number of hydrogen-bond donors (Lipinski definition) is 2. The number of fused-ring (bicyclic) bond motifs is 1. The summed E-state index contributed by atoms with van der Waals surface area (Å²) in [4.78, 5) is 4.18. The van der Waals surface area contributed by atoms with Gasteiger partial charge in [-0.2, -0.15) is 0 Å². The quantitative estimate of drug-likeness (QED) is 0.366. The van der Waals surface area contributed by atoms with E-state index in [-0.39, 0.29) is 42.2 Å². The van der Waals surface area contributed by atoms with Crippen molar-refractivity contribution in [2.75, 3.05) is 18.5 Å². The van der Waals surface area contributed by atoms with Crippen molar-refractivity contribution >= 4 is 35.6 Å². The molecule has 0 saturated carbocycles. The second-order valence-corrected chi connectivity index (χ2v) is 5.67. The molecule has 10 heteroatoms. The average Bonchev–Trinajstić information content (AvgIpc) is 2.86. The smallest absolute Gasteiger partial charge is 0.490 e. The molecule has 3 rings (SSSR count). The average molecular weight is 509 g/mol. The number of benzene rings is 2. The number of alkyl halides is 3. The highest BCUT2D eigenvalue weighted by molar-refractivity contribution is 14.0. The predicted octanol–water partition coefficient (Wildman–Crippen LogP) is 4.29. The summed E-state index contributed by atoms with van der Waals surface area (Å²) in [6.07, 6.45) is -4.03. The summed E-state index contributed by atoms with van der Waals surface area (Å²) in [6, 6.07) is 11.0. The minimum atomic E-state index is -4.80. The van der Waals surface area contributed by atoms with Crippen LogP contribution in [0.15, 0.2) is 47.5 Å². The zero-order valence-corrected chi connectivity index (χ0v) is 17.0. The van der Waals surface area contributed by atoms with Gasteiger partial charge in [-0.1, -0.05) is 24.3 Å². The fourth-order valence-corrected chi connectivity index (χ4v) is 2.51. The number of halogens is 4. The number of ether oxygens (including phenoxy) is 3. The van der Waals surface area contributed by atoms with Crippen LogP contribution in [0.3, 0.4) is 0 Å². The number of aliphatic imine (C=N–C) groups is 1. The standard InChI is InChI=1S/C18H18F3N3O3.HI/c19-18(20,21)27-14-7-2-1-6-13(14)24-17(22)23-11-12-5-3-8-15-16(12)26-10-4-9-25-15;/h1-3,5-8H,4,9-11H2,(H3,22,23,24);1H. The first-order chi connectivity index (χ1) is 12.9. The molecule has 0 bridgehead atoms. The van der Waals surface area contributed by atoms with E-state index < -0.39 is 12.1 Å². The van der Waals surface area contributed by atoms with E-state index in [1.54, 1.807) is 12.1 Å². The van der Waals surface area contributed by atoms with Crippen molar-refractivity contribution in [3.05, 3.63) is 48.0 Å². The third-order valence-corrected chi connectivity index (χ3v) is 3.65. The van der Waals surface area contributed by atoms with E-state index in [9.17, 15) is 13.2 Å². The molecule has 2 aromatic rings. The fraction of sp³-hybridized carbons (Fsp3) is 0.278. The highest BCUT2D eigenvalue weighted by Gasteiger charge is 2.32. The Morgan fingerprint density at radius 1 is 1.11 bits per heavy atom. The number of nitrogens with zero attached hydrogens (tertiary/aromatic N) is 1. The third kappa shape index (κ3) is 6.08. The van der Waals surface area contributed by atoms with Crippen LogP contribution in [0.2, 0.25) is 0 Å². The van der Waals surface area contributed by atoms with Crippen LogP contribution in [0.25, 0.3) is 0 Å². The van der Waals surface area contributed by atoms with Crippen LogP contribution in [0, 0.1) is 0 Å². The first kappa shape index (κ1) is 21.9. The number of nitrogens with one attached hydrogen (secondary N) is 1. The van der Waals surface area contributed by atoms with Gasteiger partial charge in [-0.25, -0.2) is 4.99 Å². The van der Waals surface area contributed by atoms with Gasteiger partial charge in [0.1, 0.15) is 0 Å². The molecule has 0 amide bonds. The van der Waals surface area contributed by atoms with Crippen LogP contribution >= 0.6 is 24.0 Å². The first-order valence-electron chi connectivity index (χ1n) is 8.21. The van der Waals surface area contributed by atoms with Gasteiger partial charge in [0.2, 0.25) is 0 Å². The van der Waals surface area contributed by atoms with Crippen LogP contribution in [-0.2, 0) is 6.54 Å². The van der Waals surface area contributed by atoms with E-state index in [4.69, 9.17) is 15.2 Å². The zero-order valence-electron chi connectivity index (χ0n) is 14.7. The number of anilines is 1. The maximum atomic E-state index is 12.5. The Balaban J connectivity index is 0.00000280. The third-order valence-electron chi connectivity index (χ3n) is 3.65. The van der Waals surface area contributed by atoms with Gasteiger partial charge in [0.15, 0.2) is 23.2 Å². The van der Waals surface area contributed by atoms with Gasteiger partial charge < -0.3 is 25.3 Å². The molecule has 0 spiro atoms. The van der Waals surface area contributed by atoms with Crippen LogP contribution in [-0.4, -0.2) is 25.5 Å². The largest absolute Gasteiger partial charge is 0.573 e. The molecule has 0 saturated heterocycles. The van der Waals surface area contributed by atoms with Gasteiger partial charge in [-0.15, -0.1) is 37.1 Å². The van der Waals surface area contributed by atoms with E-state index in [0.29, 0.717) is 24.7 Å². The van der Waals surface area contributed by atoms with Crippen molar-refractivity contribution in [3.63, 3.8) is 0 Å². The van der Waals surface area contributed by atoms with Crippen LogP contribution in [0.5, 0.6) is 17.2 Å². The summed E-state index contributed by atoms with van der Waals surface area (Å²) >= 11 is 0. The normalized spacial score (nSPS) is 13.9. The van der Waals surface area contributed by atoms with Crippen molar-refractivity contribution < 1.29 is 27.4 Å². The van der Waals surface area contributed by atoms with E-state index in [0.717, 1.165) is 12.0 Å². The molecular weight excluding hydrogens is 490 g/mol. The molecule has 1 aliphatic rings. The lowest BCUT2D eigenvalue weighted by Gasteiger charge is -2.14. The molecule has 3 N–H and O–H groups in total. The Hall–Kier alpha value is -2.37. The lowest BCUT2D eigenvalue weighted by atomic mass is 10.2. The lowest BCUT2D eigenvalue weighted by Crippen LogP contribution is -2.24. The molecular formula is C18H19F3IN3O3. The molecule has 6 nitrogen and oxygen atoms in total.